The first kappa shape index (κ1) is 26.7. The first-order valence-corrected chi connectivity index (χ1v) is 12.1. The van der Waals surface area contributed by atoms with Gasteiger partial charge in [0.1, 0.15) is 0 Å². The molecule has 1 aliphatic rings. The van der Waals surface area contributed by atoms with Crippen LogP contribution < -0.4 is 0 Å². The normalized spacial score (nSPS) is 26.1. The van der Waals surface area contributed by atoms with Gasteiger partial charge in [-0.25, -0.2) is 0 Å². The van der Waals surface area contributed by atoms with Crippen LogP contribution in [-0.4, -0.2) is 22.2 Å². The minimum Gasteiger partial charge on any atom is -0.481 e. The van der Waals surface area contributed by atoms with Gasteiger partial charge < -0.3 is 10.2 Å². The number of carboxylic acid groups (broad SMARTS) is 2. The number of hydrogen-bond acceptors (Lipinski definition) is 2. The Bertz CT molecular complexity index is 530. The van der Waals surface area contributed by atoms with Gasteiger partial charge in [-0.1, -0.05) is 92.2 Å². The molecule has 4 nitrogen and oxygen atoms in total. The number of carboxylic acids is 2. The van der Waals surface area contributed by atoms with E-state index < -0.39 is 22.8 Å². The molecule has 0 spiro atoms. The summed E-state index contributed by atoms with van der Waals surface area (Å²) in [6, 6.07) is 0. The van der Waals surface area contributed by atoms with Crippen molar-refractivity contribution in [2.75, 3.05) is 0 Å². The average molecular weight is 423 g/mol. The fourth-order valence-corrected chi connectivity index (χ4v) is 5.42. The van der Waals surface area contributed by atoms with Crippen molar-refractivity contribution < 1.29 is 19.8 Å². The van der Waals surface area contributed by atoms with Crippen LogP contribution in [0, 0.1) is 34.5 Å². The molecule has 0 fully saturated rings. The third-order valence-electron chi connectivity index (χ3n) is 7.18. The van der Waals surface area contributed by atoms with Crippen LogP contribution >= 0.6 is 0 Å². The zero-order chi connectivity index (χ0) is 22.9. The summed E-state index contributed by atoms with van der Waals surface area (Å²) in [7, 11) is 0. The van der Waals surface area contributed by atoms with Crippen molar-refractivity contribution in [2.24, 2.45) is 34.5 Å². The van der Waals surface area contributed by atoms with Gasteiger partial charge in [-0.05, 0) is 49.4 Å². The molecule has 0 amide bonds. The number of aliphatic carboxylic acids is 2. The number of hydrogen-bond donors (Lipinski definition) is 2. The summed E-state index contributed by atoms with van der Waals surface area (Å²) in [5, 5.41) is 20.8. The molecule has 0 aromatic heterocycles. The van der Waals surface area contributed by atoms with Crippen LogP contribution in [0.5, 0.6) is 0 Å². The SMILES string of the molecule is CC(C)CCCC(C)CC1(C(=O)O)CC=CCC1(CC(C)CCCC(C)C)C(=O)O. The van der Waals surface area contributed by atoms with E-state index in [1.54, 1.807) is 0 Å². The van der Waals surface area contributed by atoms with Crippen molar-refractivity contribution in [2.45, 2.75) is 106 Å². The van der Waals surface area contributed by atoms with E-state index in [1.807, 2.05) is 12.2 Å². The summed E-state index contributed by atoms with van der Waals surface area (Å²) >= 11 is 0. The molecule has 0 saturated carbocycles. The van der Waals surface area contributed by atoms with Gasteiger partial charge in [0.25, 0.3) is 0 Å². The van der Waals surface area contributed by atoms with Gasteiger partial charge in [0.05, 0.1) is 10.8 Å². The highest BCUT2D eigenvalue weighted by Crippen LogP contribution is 2.56. The summed E-state index contributed by atoms with van der Waals surface area (Å²) in [5.41, 5.74) is -2.45. The number of allylic oxidation sites excluding steroid dienone is 2. The Balaban J connectivity index is 3.10. The second-order valence-electron chi connectivity index (χ2n) is 10.9. The third-order valence-corrected chi connectivity index (χ3v) is 7.18. The Morgan fingerprint density at radius 2 is 1.03 bits per heavy atom. The van der Waals surface area contributed by atoms with Gasteiger partial charge in [-0.3, -0.25) is 9.59 Å². The monoisotopic (exact) mass is 422 g/mol. The van der Waals surface area contributed by atoms with E-state index in [0.717, 1.165) is 38.5 Å². The lowest BCUT2D eigenvalue weighted by atomic mass is 9.52. The molecule has 4 atom stereocenters. The molecule has 0 aliphatic heterocycles. The van der Waals surface area contributed by atoms with Crippen molar-refractivity contribution in [1.29, 1.82) is 0 Å². The van der Waals surface area contributed by atoms with Crippen molar-refractivity contribution in [3.8, 4) is 0 Å². The predicted octanol–water partition coefficient (Wildman–Crippen LogP) is 7.18. The lowest BCUT2D eigenvalue weighted by molar-refractivity contribution is -0.179. The minimum atomic E-state index is -1.23. The van der Waals surface area contributed by atoms with Crippen molar-refractivity contribution in [1.82, 2.24) is 0 Å². The maximum Gasteiger partial charge on any atom is 0.311 e. The van der Waals surface area contributed by atoms with Crippen LogP contribution in [0.3, 0.4) is 0 Å². The van der Waals surface area contributed by atoms with Gasteiger partial charge >= 0.3 is 11.9 Å². The molecule has 1 rings (SSSR count). The van der Waals surface area contributed by atoms with Gasteiger partial charge in [0.15, 0.2) is 0 Å². The quantitative estimate of drug-likeness (QED) is 0.291. The molecule has 2 N–H and O–H groups in total. The summed E-state index contributed by atoms with van der Waals surface area (Å²) in [6.45, 7) is 13.0. The Morgan fingerprint density at radius 3 is 1.30 bits per heavy atom. The van der Waals surface area contributed by atoms with E-state index in [0.29, 0.717) is 37.5 Å². The first-order valence-electron chi connectivity index (χ1n) is 12.1. The second kappa shape index (κ2) is 11.9. The van der Waals surface area contributed by atoms with Crippen LogP contribution in [0.1, 0.15) is 106 Å². The summed E-state index contributed by atoms with van der Waals surface area (Å²) in [4.78, 5) is 25.4. The van der Waals surface area contributed by atoms with Crippen molar-refractivity contribution in [3.63, 3.8) is 0 Å². The zero-order valence-electron chi connectivity index (χ0n) is 20.2. The number of carbonyl (C=O) groups is 2. The molecule has 0 radical (unpaired) electrons. The molecule has 0 aromatic carbocycles. The molecular formula is C26H46O4. The van der Waals surface area contributed by atoms with E-state index >= 15 is 0 Å². The van der Waals surface area contributed by atoms with Gasteiger partial charge in [0, 0.05) is 0 Å². The van der Waals surface area contributed by atoms with E-state index in [1.165, 1.54) is 0 Å². The molecule has 0 heterocycles. The maximum absolute atomic E-state index is 12.7. The molecule has 174 valence electrons. The Morgan fingerprint density at radius 1 is 0.700 bits per heavy atom. The van der Waals surface area contributed by atoms with E-state index in [9.17, 15) is 19.8 Å². The molecule has 1 aliphatic carbocycles. The van der Waals surface area contributed by atoms with Crippen LogP contribution in [0.4, 0.5) is 0 Å². The molecule has 0 saturated heterocycles. The maximum atomic E-state index is 12.7. The summed E-state index contributed by atoms with van der Waals surface area (Å²) in [5.74, 6) is -0.206. The van der Waals surface area contributed by atoms with E-state index in [-0.39, 0.29) is 11.8 Å². The highest BCUT2D eigenvalue weighted by atomic mass is 16.4. The summed E-state index contributed by atoms with van der Waals surface area (Å²) in [6.07, 6.45) is 11.6. The fourth-order valence-electron chi connectivity index (χ4n) is 5.42. The standard InChI is InChI=1S/C26H46O4/c1-19(2)11-9-13-21(5)17-25(23(27)28)15-7-8-16-26(25,24(29)30)18-22(6)14-10-12-20(3)4/h7-8,19-22H,9-18H2,1-6H3,(H,27,28)(H,29,30). The van der Waals surface area contributed by atoms with Crippen LogP contribution in [0.25, 0.3) is 0 Å². The van der Waals surface area contributed by atoms with Crippen LogP contribution in [0.15, 0.2) is 12.2 Å². The predicted molar refractivity (Wildman–Crippen MR) is 123 cm³/mol. The van der Waals surface area contributed by atoms with Crippen LogP contribution in [-0.2, 0) is 9.59 Å². The lowest BCUT2D eigenvalue weighted by Crippen LogP contribution is -2.55. The van der Waals surface area contributed by atoms with Gasteiger partial charge in [-0.15, -0.1) is 0 Å². The Labute approximate surface area is 184 Å². The third kappa shape index (κ3) is 6.85. The summed E-state index contributed by atoms with van der Waals surface area (Å²) < 4.78 is 0. The molecule has 0 aromatic rings. The molecule has 4 heteroatoms. The van der Waals surface area contributed by atoms with E-state index in [2.05, 4.69) is 41.5 Å². The van der Waals surface area contributed by atoms with Crippen LogP contribution in [0.2, 0.25) is 0 Å². The second-order valence-corrected chi connectivity index (χ2v) is 10.9. The minimum absolute atomic E-state index is 0.196. The van der Waals surface area contributed by atoms with Crippen molar-refractivity contribution in [3.05, 3.63) is 12.2 Å². The lowest BCUT2D eigenvalue weighted by Gasteiger charge is -2.48. The highest BCUT2D eigenvalue weighted by Gasteiger charge is 2.61. The fraction of sp³-hybridized carbons (Fsp3) is 0.846. The van der Waals surface area contributed by atoms with Gasteiger partial charge in [0.2, 0.25) is 0 Å². The molecular weight excluding hydrogens is 376 g/mol. The van der Waals surface area contributed by atoms with E-state index in [4.69, 9.17) is 0 Å². The largest absolute Gasteiger partial charge is 0.481 e. The average Bonchev–Trinajstić information content (AvgIpc) is 2.62. The van der Waals surface area contributed by atoms with Gasteiger partial charge in [-0.2, -0.15) is 0 Å². The first-order chi connectivity index (χ1) is 14.0. The zero-order valence-corrected chi connectivity index (χ0v) is 20.2. The topological polar surface area (TPSA) is 74.6 Å². The highest BCUT2D eigenvalue weighted by molar-refractivity contribution is 5.87. The smallest absolute Gasteiger partial charge is 0.311 e. The molecule has 4 unspecified atom stereocenters. The Kier molecular flexibility index (Phi) is 10.6. The Hall–Kier alpha value is -1.32. The molecule has 0 bridgehead atoms. The number of rotatable bonds is 14. The van der Waals surface area contributed by atoms with Crippen molar-refractivity contribution >= 4 is 11.9 Å². The molecule has 30 heavy (non-hydrogen) atoms.